The van der Waals surface area contributed by atoms with E-state index in [-0.39, 0.29) is 24.9 Å². The van der Waals surface area contributed by atoms with Gasteiger partial charge >= 0.3 is 11.9 Å². The summed E-state index contributed by atoms with van der Waals surface area (Å²) in [6.45, 7) is 0.649. The molecule has 1 saturated carbocycles. The van der Waals surface area contributed by atoms with Crippen LogP contribution in [-0.2, 0) is 24.1 Å². The maximum Gasteiger partial charge on any atom is 0.419 e. The second-order valence-corrected chi connectivity index (χ2v) is 7.54. The first kappa shape index (κ1) is 20.3. The highest BCUT2D eigenvalue weighted by Crippen LogP contribution is 2.31. The van der Waals surface area contributed by atoms with Crippen molar-refractivity contribution in [3.05, 3.63) is 70.2 Å². The fourth-order valence-corrected chi connectivity index (χ4v) is 3.56. The average molecular weight is 418 g/mol. The number of rotatable bonds is 7. The van der Waals surface area contributed by atoms with E-state index in [0.29, 0.717) is 29.6 Å². The second-order valence-electron chi connectivity index (χ2n) is 7.54. The summed E-state index contributed by atoms with van der Waals surface area (Å²) < 4.78 is 44.9. The van der Waals surface area contributed by atoms with E-state index in [1.54, 1.807) is 23.1 Å². The Kier molecular flexibility index (Phi) is 5.40. The first-order chi connectivity index (χ1) is 14.3. The molecule has 0 N–H and O–H groups in total. The van der Waals surface area contributed by atoms with Crippen molar-refractivity contribution in [2.75, 3.05) is 0 Å². The van der Waals surface area contributed by atoms with E-state index in [0.717, 1.165) is 25.0 Å². The van der Waals surface area contributed by atoms with Crippen LogP contribution in [0.1, 0.15) is 36.8 Å². The Morgan fingerprint density at radius 1 is 1.10 bits per heavy atom. The number of alkyl halides is 3. The number of oxazole rings is 1. The Balaban J connectivity index is 1.38. The largest absolute Gasteiger partial charge is 0.419 e. The zero-order valence-corrected chi connectivity index (χ0v) is 16.2. The molecule has 0 aliphatic heterocycles. The molecule has 1 fully saturated rings. The van der Waals surface area contributed by atoms with Gasteiger partial charge in [-0.1, -0.05) is 24.3 Å². The molecule has 0 saturated heterocycles. The van der Waals surface area contributed by atoms with Crippen LogP contribution in [0.15, 0.2) is 57.7 Å². The van der Waals surface area contributed by atoms with Gasteiger partial charge in [-0.3, -0.25) is 9.36 Å². The van der Waals surface area contributed by atoms with Gasteiger partial charge in [-0.2, -0.15) is 13.2 Å². The molecular weight excluding hydrogens is 397 g/mol. The van der Waals surface area contributed by atoms with Crippen LogP contribution in [0.5, 0.6) is 0 Å². The summed E-state index contributed by atoms with van der Waals surface area (Å²) in [5, 5.41) is 0. The Labute approximate surface area is 170 Å². The second kappa shape index (κ2) is 8.01. The molecule has 1 aromatic heterocycles. The van der Waals surface area contributed by atoms with E-state index in [4.69, 9.17) is 4.42 Å². The van der Waals surface area contributed by atoms with Crippen LogP contribution in [0.2, 0.25) is 0 Å². The standard InChI is InChI=1S/C22H21F3N2O3/c23-22(24,25)16-9-7-15(8-10-16)14-27(17-11-12-17)20(28)6-3-13-26-18-4-1-2-5-19(18)30-21(26)29/h1-2,4-5,7-10,17H,3,6,11-14H2. The number of para-hydroxylation sites is 2. The minimum Gasteiger partial charge on any atom is -0.408 e. The number of aryl methyl sites for hydroxylation is 1. The summed E-state index contributed by atoms with van der Waals surface area (Å²) in [6.07, 6.45) is -1.85. The molecule has 30 heavy (non-hydrogen) atoms. The van der Waals surface area contributed by atoms with Crippen molar-refractivity contribution in [3.63, 3.8) is 0 Å². The minimum atomic E-state index is -4.38. The van der Waals surface area contributed by atoms with Gasteiger partial charge in [0.15, 0.2) is 5.58 Å². The van der Waals surface area contributed by atoms with E-state index in [1.165, 1.54) is 16.7 Å². The van der Waals surface area contributed by atoms with Crippen molar-refractivity contribution in [1.29, 1.82) is 0 Å². The van der Waals surface area contributed by atoms with Crippen molar-refractivity contribution >= 4 is 17.0 Å². The van der Waals surface area contributed by atoms with Gasteiger partial charge in [0.1, 0.15) is 0 Å². The van der Waals surface area contributed by atoms with E-state index in [9.17, 15) is 22.8 Å². The van der Waals surface area contributed by atoms with Crippen molar-refractivity contribution in [2.24, 2.45) is 0 Å². The number of hydrogen-bond donors (Lipinski definition) is 0. The van der Waals surface area contributed by atoms with Gasteiger partial charge in [0.05, 0.1) is 11.1 Å². The Morgan fingerprint density at radius 2 is 1.80 bits per heavy atom. The number of halogens is 3. The molecule has 0 atom stereocenters. The topological polar surface area (TPSA) is 55.5 Å². The predicted molar refractivity (Wildman–Crippen MR) is 105 cm³/mol. The van der Waals surface area contributed by atoms with Gasteiger partial charge in [0, 0.05) is 25.6 Å². The Morgan fingerprint density at radius 3 is 2.47 bits per heavy atom. The molecule has 0 unspecified atom stereocenters. The third kappa shape index (κ3) is 4.42. The number of carbonyl (C=O) groups excluding carboxylic acids is 1. The molecule has 8 heteroatoms. The smallest absolute Gasteiger partial charge is 0.408 e. The number of carbonyl (C=O) groups is 1. The lowest BCUT2D eigenvalue weighted by molar-refractivity contribution is -0.137. The maximum atomic E-state index is 12.8. The zero-order valence-electron chi connectivity index (χ0n) is 16.2. The lowest BCUT2D eigenvalue weighted by atomic mass is 10.1. The van der Waals surface area contributed by atoms with Crippen LogP contribution in [-0.4, -0.2) is 21.4 Å². The van der Waals surface area contributed by atoms with Crippen LogP contribution in [0, 0.1) is 0 Å². The lowest BCUT2D eigenvalue weighted by Crippen LogP contribution is -2.32. The summed E-state index contributed by atoms with van der Waals surface area (Å²) in [4.78, 5) is 26.5. The SMILES string of the molecule is O=C(CCCn1c(=O)oc2ccccc21)N(Cc1ccc(C(F)(F)F)cc1)C1CC1. The van der Waals surface area contributed by atoms with E-state index >= 15 is 0 Å². The normalized spacial score (nSPS) is 14.2. The van der Waals surface area contributed by atoms with E-state index < -0.39 is 17.5 Å². The molecule has 3 aromatic rings. The Bertz CT molecular complexity index is 1100. The lowest BCUT2D eigenvalue weighted by Gasteiger charge is -2.23. The van der Waals surface area contributed by atoms with Gasteiger partial charge in [-0.15, -0.1) is 0 Å². The van der Waals surface area contributed by atoms with E-state index in [2.05, 4.69) is 0 Å². The van der Waals surface area contributed by atoms with Crippen LogP contribution in [0.3, 0.4) is 0 Å². The van der Waals surface area contributed by atoms with Gasteiger partial charge in [-0.05, 0) is 49.1 Å². The summed E-state index contributed by atoms with van der Waals surface area (Å²) >= 11 is 0. The van der Waals surface area contributed by atoms with E-state index in [1.807, 2.05) is 6.07 Å². The summed E-state index contributed by atoms with van der Waals surface area (Å²) in [7, 11) is 0. The molecule has 2 aromatic carbocycles. The van der Waals surface area contributed by atoms with Crippen molar-refractivity contribution in [3.8, 4) is 0 Å². The molecule has 0 spiro atoms. The summed E-state index contributed by atoms with van der Waals surface area (Å²) in [5.74, 6) is -0.509. The molecule has 5 nitrogen and oxygen atoms in total. The molecule has 0 bridgehead atoms. The maximum absolute atomic E-state index is 12.8. The highest BCUT2D eigenvalue weighted by atomic mass is 19.4. The third-order valence-electron chi connectivity index (χ3n) is 5.29. The van der Waals surface area contributed by atoms with Crippen LogP contribution < -0.4 is 5.76 Å². The van der Waals surface area contributed by atoms with Crippen LogP contribution in [0.4, 0.5) is 13.2 Å². The quantitative estimate of drug-likeness (QED) is 0.564. The number of hydrogen-bond acceptors (Lipinski definition) is 3. The Hall–Kier alpha value is -3.03. The molecule has 1 aliphatic rings. The average Bonchev–Trinajstić information content (AvgIpc) is 3.50. The van der Waals surface area contributed by atoms with Crippen molar-refractivity contribution in [2.45, 2.75) is 51.0 Å². The number of nitrogens with zero attached hydrogens (tertiary/aromatic N) is 2. The third-order valence-corrected chi connectivity index (χ3v) is 5.29. The van der Waals surface area contributed by atoms with Crippen molar-refractivity contribution in [1.82, 2.24) is 9.47 Å². The molecule has 4 rings (SSSR count). The highest BCUT2D eigenvalue weighted by Gasteiger charge is 2.33. The number of aromatic nitrogens is 1. The highest BCUT2D eigenvalue weighted by molar-refractivity contribution is 5.77. The molecule has 1 amide bonds. The van der Waals surface area contributed by atoms with Gasteiger partial charge in [0.2, 0.25) is 5.91 Å². The van der Waals surface area contributed by atoms with Gasteiger partial charge in [-0.25, -0.2) is 4.79 Å². The fourth-order valence-electron chi connectivity index (χ4n) is 3.56. The molecule has 0 radical (unpaired) electrons. The molecule has 158 valence electrons. The van der Waals surface area contributed by atoms with Crippen LogP contribution >= 0.6 is 0 Å². The minimum absolute atomic E-state index is 0.0572. The first-order valence-electron chi connectivity index (χ1n) is 9.87. The van der Waals surface area contributed by atoms with Gasteiger partial charge < -0.3 is 9.32 Å². The fraction of sp³-hybridized carbons (Fsp3) is 0.364. The molecular formula is C22H21F3N2O3. The van der Waals surface area contributed by atoms with Gasteiger partial charge in [0.25, 0.3) is 0 Å². The number of benzene rings is 2. The number of amides is 1. The monoisotopic (exact) mass is 418 g/mol. The zero-order chi connectivity index (χ0) is 21.3. The molecule has 1 heterocycles. The number of fused-ring (bicyclic) bond motifs is 1. The first-order valence-corrected chi connectivity index (χ1v) is 9.87. The molecule has 1 aliphatic carbocycles. The predicted octanol–water partition coefficient (Wildman–Crippen LogP) is 4.58. The van der Waals surface area contributed by atoms with Crippen LogP contribution in [0.25, 0.3) is 11.1 Å². The van der Waals surface area contributed by atoms with Crippen molar-refractivity contribution < 1.29 is 22.4 Å². The summed E-state index contributed by atoms with van der Waals surface area (Å²) in [6, 6.07) is 12.2. The summed E-state index contributed by atoms with van der Waals surface area (Å²) in [5.41, 5.74) is 1.17.